The standard InChI is InChI=1S/C12H14BrFN2O2.ClH/c13-9-2-1-8(5-10(9)14)6-16-12(17)11-7-18-4-3-15-11;/h1-2,5,11,15H,3-4,6-7H2,(H,16,17);1H. The first-order valence-electron chi connectivity index (χ1n) is 5.69. The molecule has 0 bridgehead atoms. The molecule has 0 radical (unpaired) electrons. The third kappa shape index (κ3) is 4.72. The Morgan fingerprint density at radius 3 is 3.00 bits per heavy atom. The van der Waals surface area contributed by atoms with Gasteiger partial charge in [-0.25, -0.2) is 4.39 Å². The maximum Gasteiger partial charge on any atom is 0.239 e. The van der Waals surface area contributed by atoms with Crippen LogP contribution in [0, 0.1) is 5.82 Å². The van der Waals surface area contributed by atoms with Crippen LogP contribution >= 0.6 is 28.3 Å². The zero-order chi connectivity index (χ0) is 13.0. The summed E-state index contributed by atoms with van der Waals surface area (Å²) >= 11 is 3.08. The summed E-state index contributed by atoms with van der Waals surface area (Å²) in [6.07, 6.45) is 0. The molecular weight excluding hydrogens is 338 g/mol. The molecule has 0 saturated carbocycles. The van der Waals surface area contributed by atoms with Gasteiger partial charge in [0.15, 0.2) is 0 Å². The van der Waals surface area contributed by atoms with E-state index in [4.69, 9.17) is 4.74 Å². The van der Waals surface area contributed by atoms with Crippen LogP contribution in [0.4, 0.5) is 4.39 Å². The van der Waals surface area contributed by atoms with Gasteiger partial charge in [0.05, 0.1) is 17.7 Å². The second-order valence-corrected chi connectivity index (χ2v) is 4.90. The molecule has 1 heterocycles. The van der Waals surface area contributed by atoms with Crippen LogP contribution in [0.25, 0.3) is 0 Å². The number of halogens is 3. The van der Waals surface area contributed by atoms with Gasteiger partial charge in [-0.3, -0.25) is 4.79 Å². The summed E-state index contributed by atoms with van der Waals surface area (Å²) in [6.45, 7) is 1.98. The van der Waals surface area contributed by atoms with Crippen molar-refractivity contribution < 1.29 is 13.9 Å². The molecule has 1 aliphatic heterocycles. The van der Waals surface area contributed by atoms with Crippen LogP contribution < -0.4 is 10.6 Å². The Kier molecular flexibility index (Phi) is 6.71. The molecule has 7 heteroatoms. The Morgan fingerprint density at radius 2 is 2.37 bits per heavy atom. The first-order chi connectivity index (χ1) is 8.66. The molecule has 1 atom stereocenters. The lowest BCUT2D eigenvalue weighted by Crippen LogP contribution is -2.51. The lowest BCUT2D eigenvalue weighted by molar-refractivity contribution is -0.126. The molecule has 1 saturated heterocycles. The van der Waals surface area contributed by atoms with E-state index in [1.165, 1.54) is 6.07 Å². The van der Waals surface area contributed by atoms with Crippen LogP contribution in [0.15, 0.2) is 22.7 Å². The van der Waals surface area contributed by atoms with Crippen molar-refractivity contribution in [2.24, 2.45) is 0 Å². The molecule has 2 N–H and O–H groups in total. The van der Waals surface area contributed by atoms with E-state index in [2.05, 4.69) is 26.6 Å². The van der Waals surface area contributed by atoms with E-state index < -0.39 is 0 Å². The minimum atomic E-state index is -0.333. The molecule has 1 amide bonds. The minimum absolute atomic E-state index is 0. The highest BCUT2D eigenvalue weighted by Crippen LogP contribution is 2.16. The summed E-state index contributed by atoms with van der Waals surface area (Å²) < 4.78 is 18.9. The Balaban J connectivity index is 0.00000180. The molecule has 1 fully saturated rings. The minimum Gasteiger partial charge on any atom is -0.378 e. The van der Waals surface area contributed by atoms with E-state index in [-0.39, 0.29) is 30.2 Å². The summed E-state index contributed by atoms with van der Waals surface area (Å²) in [7, 11) is 0. The van der Waals surface area contributed by atoms with E-state index >= 15 is 0 Å². The molecule has 1 aromatic rings. The average Bonchev–Trinajstić information content (AvgIpc) is 2.41. The number of carbonyl (C=O) groups is 1. The third-order valence-corrected chi connectivity index (χ3v) is 3.33. The van der Waals surface area contributed by atoms with Crippen molar-refractivity contribution in [3.63, 3.8) is 0 Å². The maximum atomic E-state index is 13.3. The van der Waals surface area contributed by atoms with Gasteiger partial charge in [0.25, 0.3) is 0 Å². The summed E-state index contributed by atoms with van der Waals surface area (Å²) in [4.78, 5) is 11.8. The molecule has 0 aliphatic carbocycles. The van der Waals surface area contributed by atoms with Crippen molar-refractivity contribution in [3.8, 4) is 0 Å². The number of ether oxygens (including phenoxy) is 1. The van der Waals surface area contributed by atoms with Gasteiger partial charge in [0, 0.05) is 13.1 Å². The predicted octanol–water partition coefficient (Wildman–Crippen LogP) is 1.61. The molecule has 1 unspecified atom stereocenters. The number of rotatable bonds is 3. The Labute approximate surface area is 125 Å². The van der Waals surface area contributed by atoms with Crippen LogP contribution in [-0.2, 0) is 16.1 Å². The van der Waals surface area contributed by atoms with Crippen LogP contribution in [0.2, 0.25) is 0 Å². The number of hydrogen-bond acceptors (Lipinski definition) is 3. The number of hydrogen-bond donors (Lipinski definition) is 2. The number of nitrogens with one attached hydrogen (secondary N) is 2. The molecule has 19 heavy (non-hydrogen) atoms. The molecule has 2 rings (SSSR count). The van der Waals surface area contributed by atoms with Crippen molar-refractivity contribution >= 4 is 34.2 Å². The summed E-state index contributed by atoms with van der Waals surface area (Å²) in [5.74, 6) is -0.459. The van der Waals surface area contributed by atoms with Gasteiger partial charge in [0.2, 0.25) is 5.91 Å². The molecule has 1 aliphatic rings. The van der Waals surface area contributed by atoms with E-state index in [1.807, 2.05) is 0 Å². The second kappa shape index (κ2) is 7.79. The highest BCUT2D eigenvalue weighted by atomic mass is 79.9. The van der Waals surface area contributed by atoms with Crippen molar-refractivity contribution in [2.75, 3.05) is 19.8 Å². The second-order valence-electron chi connectivity index (χ2n) is 4.05. The average molecular weight is 354 g/mol. The zero-order valence-electron chi connectivity index (χ0n) is 10.1. The van der Waals surface area contributed by atoms with Crippen molar-refractivity contribution in [1.82, 2.24) is 10.6 Å². The first-order valence-corrected chi connectivity index (χ1v) is 6.49. The maximum absolute atomic E-state index is 13.3. The predicted molar refractivity (Wildman–Crippen MR) is 75.8 cm³/mol. The molecule has 1 aromatic carbocycles. The van der Waals surface area contributed by atoms with Crippen LogP contribution in [-0.4, -0.2) is 31.7 Å². The number of morpholine rings is 1. The van der Waals surface area contributed by atoms with E-state index in [1.54, 1.807) is 12.1 Å². The first kappa shape index (κ1) is 16.4. The molecular formula is C12H15BrClFN2O2. The fourth-order valence-electron chi connectivity index (χ4n) is 1.70. The van der Waals surface area contributed by atoms with Crippen molar-refractivity contribution in [3.05, 3.63) is 34.1 Å². The quantitative estimate of drug-likeness (QED) is 0.868. The Hall–Kier alpha value is -0.690. The SMILES string of the molecule is Cl.O=C(NCc1ccc(Br)c(F)c1)C1COCCN1. The topological polar surface area (TPSA) is 50.4 Å². The normalized spacial score (nSPS) is 18.5. The largest absolute Gasteiger partial charge is 0.378 e. The lowest BCUT2D eigenvalue weighted by atomic mass is 10.2. The number of benzene rings is 1. The number of carbonyl (C=O) groups excluding carboxylic acids is 1. The molecule has 106 valence electrons. The van der Waals surface area contributed by atoms with E-state index in [0.717, 1.165) is 5.56 Å². The van der Waals surface area contributed by atoms with Crippen LogP contribution in [0.1, 0.15) is 5.56 Å². The van der Waals surface area contributed by atoms with Crippen LogP contribution in [0.5, 0.6) is 0 Å². The highest BCUT2D eigenvalue weighted by Gasteiger charge is 2.20. The van der Waals surface area contributed by atoms with Crippen molar-refractivity contribution in [2.45, 2.75) is 12.6 Å². The Morgan fingerprint density at radius 1 is 1.58 bits per heavy atom. The van der Waals surface area contributed by atoms with Gasteiger partial charge in [-0.05, 0) is 33.6 Å². The summed E-state index contributed by atoms with van der Waals surface area (Å²) in [5, 5.41) is 5.81. The van der Waals surface area contributed by atoms with E-state index in [0.29, 0.717) is 30.8 Å². The van der Waals surface area contributed by atoms with Gasteiger partial charge in [-0.15, -0.1) is 12.4 Å². The smallest absolute Gasteiger partial charge is 0.239 e. The van der Waals surface area contributed by atoms with Gasteiger partial charge >= 0.3 is 0 Å². The fourth-order valence-corrected chi connectivity index (χ4v) is 1.94. The summed E-state index contributed by atoms with van der Waals surface area (Å²) in [6, 6.07) is 4.46. The summed E-state index contributed by atoms with van der Waals surface area (Å²) in [5.41, 5.74) is 0.723. The van der Waals surface area contributed by atoms with Crippen LogP contribution in [0.3, 0.4) is 0 Å². The third-order valence-electron chi connectivity index (χ3n) is 2.69. The van der Waals surface area contributed by atoms with E-state index in [9.17, 15) is 9.18 Å². The van der Waals surface area contributed by atoms with Gasteiger partial charge in [-0.2, -0.15) is 0 Å². The van der Waals surface area contributed by atoms with Gasteiger partial charge in [0.1, 0.15) is 11.9 Å². The highest BCUT2D eigenvalue weighted by molar-refractivity contribution is 9.10. The molecule has 0 aromatic heterocycles. The monoisotopic (exact) mass is 352 g/mol. The fraction of sp³-hybridized carbons (Fsp3) is 0.417. The Bertz CT molecular complexity index is 442. The lowest BCUT2D eigenvalue weighted by Gasteiger charge is -2.22. The zero-order valence-corrected chi connectivity index (χ0v) is 12.5. The van der Waals surface area contributed by atoms with Gasteiger partial charge < -0.3 is 15.4 Å². The van der Waals surface area contributed by atoms with Gasteiger partial charge in [-0.1, -0.05) is 6.07 Å². The molecule has 0 spiro atoms. The number of amides is 1. The van der Waals surface area contributed by atoms with Crippen molar-refractivity contribution in [1.29, 1.82) is 0 Å². The molecule has 4 nitrogen and oxygen atoms in total.